The highest BCUT2D eigenvalue weighted by molar-refractivity contribution is 5.76. The van der Waals surface area contributed by atoms with Crippen LogP contribution in [-0.2, 0) is 0 Å². The van der Waals surface area contributed by atoms with Crippen LogP contribution in [-0.4, -0.2) is 46.2 Å². The van der Waals surface area contributed by atoms with Crippen LogP contribution in [0.4, 0.5) is 4.79 Å². The van der Waals surface area contributed by atoms with Crippen LogP contribution in [0.3, 0.4) is 0 Å². The fourth-order valence-corrected chi connectivity index (χ4v) is 2.44. The van der Waals surface area contributed by atoms with Crippen molar-refractivity contribution in [2.45, 2.75) is 38.6 Å². The van der Waals surface area contributed by atoms with E-state index in [9.17, 15) is 4.79 Å². The van der Waals surface area contributed by atoms with E-state index in [-0.39, 0.29) is 6.03 Å². The molecule has 1 saturated heterocycles. The van der Waals surface area contributed by atoms with Gasteiger partial charge in [-0.15, -0.1) is 0 Å². The molecule has 1 N–H and O–H groups in total. The molecule has 0 saturated carbocycles. The van der Waals surface area contributed by atoms with Crippen LogP contribution in [0.2, 0.25) is 0 Å². The third-order valence-electron chi connectivity index (χ3n) is 3.58. The topological polar surface area (TPSA) is 50.2 Å². The van der Waals surface area contributed by atoms with Crippen molar-refractivity contribution in [2.75, 3.05) is 19.6 Å². The first kappa shape index (κ1) is 13.1. The zero-order valence-electron chi connectivity index (χ0n) is 11.0. The summed E-state index contributed by atoms with van der Waals surface area (Å²) in [6, 6.07) is 0.599. The van der Waals surface area contributed by atoms with Gasteiger partial charge in [0.15, 0.2) is 0 Å². The smallest absolute Gasteiger partial charge is 0.326 e. The van der Waals surface area contributed by atoms with Gasteiger partial charge in [-0.3, -0.25) is 4.57 Å². The Balaban J connectivity index is 1.62. The Kier molecular flexibility index (Phi) is 4.75. The van der Waals surface area contributed by atoms with Gasteiger partial charge in [0.1, 0.15) is 6.33 Å². The highest BCUT2D eigenvalue weighted by Gasteiger charge is 2.17. The minimum Gasteiger partial charge on any atom is -0.337 e. The fourth-order valence-electron chi connectivity index (χ4n) is 2.44. The number of likely N-dealkylation sites (tertiary alicyclic amines) is 1. The van der Waals surface area contributed by atoms with E-state index in [4.69, 9.17) is 0 Å². The summed E-state index contributed by atoms with van der Waals surface area (Å²) in [7, 11) is 0. The predicted octanol–water partition coefficient (Wildman–Crippen LogP) is 1.71. The average molecular weight is 250 g/mol. The third-order valence-corrected chi connectivity index (χ3v) is 3.58. The molecular weight excluding hydrogens is 228 g/mol. The van der Waals surface area contributed by atoms with Gasteiger partial charge < -0.3 is 10.2 Å². The van der Waals surface area contributed by atoms with E-state index in [1.54, 1.807) is 12.4 Å². The number of carbonyl (C=O) groups is 1. The summed E-state index contributed by atoms with van der Waals surface area (Å²) in [5.74, 6) is 0. The zero-order valence-corrected chi connectivity index (χ0v) is 11.0. The lowest BCUT2D eigenvalue weighted by Crippen LogP contribution is -2.39. The summed E-state index contributed by atoms with van der Waals surface area (Å²) < 4.78 is 1.46. The van der Waals surface area contributed by atoms with Crippen LogP contribution in [0.15, 0.2) is 18.7 Å². The molecule has 2 heterocycles. The maximum Gasteiger partial charge on any atom is 0.326 e. The van der Waals surface area contributed by atoms with E-state index >= 15 is 0 Å². The van der Waals surface area contributed by atoms with E-state index in [2.05, 4.69) is 22.1 Å². The Labute approximate surface area is 108 Å². The third kappa shape index (κ3) is 3.57. The second kappa shape index (κ2) is 6.54. The molecule has 1 fully saturated rings. The predicted molar refractivity (Wildman–Crippen MR) is 70.5 cm³/mol. The van der Waals surface area contributed by atoms with Gasteiger partial charge in [-0.2, -0.15) is 0 Å². The van der Waals surface area contributed by atoms with Crippen molar-refractivity contribution in [1.29, 1.82) is 0 Å². The molecule has 0 spiro atoms. The standard InChI is InChI=1S/C13H22N4O/c1-12-5-2-3-8-16(12)9-4-6-15-13(18)17-10-7-14-11-17/h7,10-12H,2-6,8-9H2,1H3,(H,15,18)/t12-/m0/s1. The number of imidazole rings is 1. The number of carbonyl (C=O) groups excluding carboxylic acids is 1. The molecule has 0 radical (unpaired) electrons. The average Bonchev–Trinajstić information content (AvgIpc) is 2.90. The van der Waals surface area contributed by atoms with Gasteiger partial charge in [0.25, 0.3) is 0 Å². The number of hydrogen-bond donors (Lipinski definition) is 1. The van der Waals surface area contributed by atoms with E-state index in [0.717, 1.165) is 19.5 Å². The summed E-state index contributed by atoms with van der Waals surface area (Å²) >= 11 is 0. The summed E-state index contributed by atoms with van der Waals surface area (Å²) in [4.78, 5) is 18.0. The largest absolute Gasteiger partial charge is 0.337 e. The molecule has 18 heavy (non-hydrogen) atoms. The minimum absolute atomic E-state index is 0.0980. The van der Waals surface area contributed by atoms with Crippen molar-refractivity contribution in [1.82, 2.24) is 19.8 Å². The Morgan fingerprint density at radius 3 is 3.11 bits per heavy atom. The monoisotopic (exact) mass is 250 g/mol. The second-order valence-corrected chi connectivity index (χ2v) is 4.94. The van der Waals surface area contributed by atoms with E-state index in [1.165, 1.54) is 36.7 Å². The molecule has 1 aromatic heterocycles. The van der Waals surface area contributed by atoms with Gasteiger partial charge in [-0.1, -0.05) is 6.42 Å². The molecule has 5 heteroatoms. The van der Waals surface area contributed by atoms with Crippen LogP contribution in [0.1, 0.15) is 32.6 Å². The van der Waals surface area contributed by atoms with Crippen molar-refractivity contribution < 1.29 is 4.79 Å². The molecule has 100 valence electrons. The molecular formula is C13H22N4O. The molecule has 2 rings (SSSR count). The minimum atomic E-state index is -0.0980. The van der Waals surface area contributed by atoms with Crippen LogP contribution in [0.5, 0.6) is 0 Å². The molecule has 0 bridgehead atoms. The first-order valence-electron chi connectivity index (χ1n) is 6.77. The fraction of sp³-hybridized carbons (Fsp3) is 0.692. The normalized spacial score (nSPS) is 20.8. The molecule has 0 unspecified atom stereocenters. The molecule has 5 nitrogen and oxygen atoms in total. The lowest BCUT2D eigenvalue weighted by atomic mass is 10.0. The van der Waals surface area contributed by atoms with Crippen molar-refractivity contribution in [2.24, 2.45) is 0 Å². The van der Waals surface area contributed by atoms with Crippen molar-refractivity contribution >= 4 is 6.03 Å². The van der Waals surface area contributed by atoms with E-state index < -0.39 is 0 Å². The number of nitrogens with one attached hydrogen (secondary N) is 1. The van der Waals surface area contributed by atoms with Gasteiger partial charge in [0.05, 0.1) is 0 Å². The number of aromatic nitrogens is 2. The van der Waals surface area contributed by atoms with Crippen molar-refractivity contribution in [3.8, 4) is 0 Å². The molecule has 1 aromatic rings. The SMILES string of the molecule is C[C@H]1CCCCN1CCCNC(=O)n1ccnc1. The quantitative estimate of drug-likeness (QED) is 0.828. The van der Waals surface area contributed by atoms with Gasteiger partial charge in [-0.05, 0) is 32.7 Å². The molecule has 0 aromatic carbocycles. The number of rotatable bonds is 4. The maximum atomic E-state index is 11.6. The Morgan fingerprint density at radius 1 is 1.50 bits per heavy atom. The van der Waals surface area contributed by atoms with Crippen LogP contribution < -0.4 is 5.32 Å². The van der Waals surface area contributed by atoms with Gasteiger partial charge in [-0.25, -0.2) is 9.78 Å². The lowest BCUT2D eigenvalue weighted by Gasteiger charge is -2.33. The molecule has 1 amide bonds. The molecule has 1 atom stereocenters. The first-order valence-corrected chi connectivity index (χ1v) is 6.77. The summed E-state index contributed by atoms with van der Waals surface area (Å²) in [6.45, 7) is 5.30. The van der Waals surface area contributed by atoms with Crippen LogP contribution in [0.25, 0.3) is 0 Å². The molecule has 0 aliphatic carbocycles. The summed E-state index contributed by atoms with van der Waals surface area (Å²) in [6.07, 6.45) is 9.76. The van der Waals surface area contributed by atoms with Crippen molar-refractivity contribution in [3.05, 3.63) is 18.7 Å². The lowest BCUT2D eigenvalue weighted by molar-refractivity contribution is 0.159. The van der Waals surface area contributed by atoms with Crippen LogP contribution >= 0.6 is 0 Å². The van der Waals surface area contributed by atoms with Gasteiger partial charge >= 0.3 is 6.03 Å². The van der Waals surface area contributed by atoms with E-state index in [0.29, 0.717) is 6.04 Å². The number of amides is 1. The number of piperidine rings is 1. The summed E-state index contributed by atoms with van der Waals surface area (Å²) in [5.41, 5.74) is 0. The Hall–Kier alpha value is -1.36. The highest BCUT2D eigenvalue weighted by atomic mass is 16.2. The second-order valence-electron chi connectivity index (χ2n) is 4.94. The maximum absolute atomic E-state index is 11.6. The van der Waals surface area contributed by atoms with Crippen LogP contribution in [0, 0.1) is 0 Å². The number of nitrogens with zero attached hydrogens (tertiary/aromatic N) is 3. The number of hydrogen-bond acceptors (Lipinski definition) is 3. The Morgan fingerprint density at radius 2 is 2.39 bits per heavy atom. The van der Waals surface area contributed by atoms with Gasteiger partial charge in [0, 0.05) is 31.5 Å². The zero-order chi connectivity index (χ0) is 12.8. The first-order chi connectivity index (χ1) is 8.77. The Bertz CT molecular complexity index is 363. The molecule has 1 aliphatic heterocycles. The van der Waals surface area contributed by atoms with E-state index in [1.807, 2.05) is 0 Å². The highest BCUT2D eigenvalue weighted by Crippen LogP contribution is 2.15. The van der Waals surface area contributed by atoms with Gasteiger partial charge in [0.2, 0.25) is 0 Å². The summed E-state index contributed by atoms with van der Waals surface area (Å²) in [5, 5.41) is 2.90. The molecule has 1 aliphatic rings. The van der Waals surface area contributed by atoms with Crippen molar-refractivity contribution in [3.63, 3.8) is 0 Å².